The summed E-state index contributed by atoms with van der Waals surface area (Å²) in [7, 11) is -2.21. The van der Waals surface area contributed by atoms with Crippen LogP contribution in [0.3, 0.4) is 0 Å². The van der Waals surface area contributed by atoms with Gasteiger partial charge < -0.3 is 0 Å². The molecule has 3 aromatic carbocycles. The molecule has 0 bridgehead atoms. The third-order valence-electron chi connectivity index (χ3n) is 4.67. The molecule has 0 saturated heterocycles. The SMILES string of the molecule is CC(=O)NCC[PH](c1ccccc1)(c1ccccc1)c1ccccc1. The summed E-state index contributed by atoms with van der Waals surface area (Å²) in [6.45, 7) is 2.26. The van der Waals surface area contributed by atoms with Crippen LogP contribution in [0.5, 0.6) is 0 Å². The minimum absolute atomic E-state index is 0.0251. The van der Waals surface area contributed by atoms with Crippen molar-refractivity contribution in [2.45, 2.75) is 6.92 Å². The molecule has 3 heteroatoms. The summed E-state index contributed by atoms with van der Waals surface area (Å²) in [6, 6.07) is 32.3. The molecule has 3 rings (SSSR count). The molecule has 128 valence electrons. The number of carbonyl (C=O) groups is 1. The Hall–Kier alpha value is -2.44. The van der Waals surface area contributed by atoms with Crippen LogP contribution in [-0.2, 0) is 4.79 Å². The van der Waals surface area contributed by atoms with Crippen molar-refractivity contribution < 1.29 is 4.79 Å². The Bertz CT molecular complexity index is 707. The minimum atomic E-state index is -2.21. The maximum absolute atomic E-state index is 11.4. The third kappa shape index (κ3) is 3.81. The third-order valence-corrected chi connectivity index (χ3v) is 9.63. The molecule has 25 heavy (non-hydrogen) atoms. The van der Waals surface area contributed by atoms with Crippen molar-refractivity contribution in [2.75, 3.05) is 12.7 Å². The number of hydrogen-bond acceptors (Lipinski definition) is 1. The van der Waals surface area contributed by atoms with E-state index in [1.165, 1.54) is 15.9 Å². The first-order valence-corrected chi connectivity index (χ1v) is 10.9. The van der Waals surface area contributed by atoms with E-state index in [0.29, 0.717) is 6.54 Å². The van der Waals surface area contributed by atoms with Gasteiger partial charge in [-0.25, -0.2) is 0 Å². The average Bonchev–Trinajstić information content (AvgIpc) is 2.67. The van der Waals surface area contributed by atoms with Crippen molar-refractivity contribution >= 4 is 29.1 Å². The van der Waals surface area contributed by atoms with E-state index >= 15 is 0 Å². The Morgan fingerprint density at radius 1 is 0.720 bits per heavy atom. The quantitative estimate of drug-likeness (QED) is 0.681. The second-order valence-corrected chi connectivity index (χ2v) is 10.3. The zero-order chi connectivity index (χ0) is 17.5. The van der Waals surface area contributed by atoms with E-state index in [9.17, 15) is 4.79 Å². The number of nitrogens with one attached hydrogen (secondary N) is 1. The van der Waals surface area contributed by atoms with Crippen LogP contribution in [0.2, 0.25) is 0 Å². The fraction of sp³-hybridized carbons (Fsp3) is 0.136. The van der Waals surface area contributed by atoms with Gasteiger partial charge in [0.25, 0.3) is 0 Å². The van der Waals surface area contributed by atoms with E-state index in [1.807, 2.05) is 0 Å². The molecule has 0 fully saturated rings. The van der Waals surface area contributed by atoms with Gasteiger partial charge in [-0.05, 0) is 0 Å². The zero-order valence-electron chi connectivity index (χ0n) is 14.5. The molecule has 1 N–H and O–H groups in total. The van der Waals surface area contributed by atoms with Crippen LogP contribution in [0.15, 0.2) is 91.0 Å². The van der Waals surface area contributed by atoms with Crippen molar-refractivity contribution in [2.24, 2.45) is 0 Å². The van der Waals surface area contributed by atoms with Gasteiger partial charge in [0.15, 0.2) is 0 Å². The molecule has 0 aliphatic rings. The molecule has 0 radical (unpaired) electrons. The molecule has 0 unspecified atom stereocenters. The molecule has 0 heterocycles. The fourth-order valence-electron chi connectivity index (χ4n) is 3.53. The van der Waals surface area contributed by atoms with Gasteiger partial charge in [-0.2, -0.15) is 0 Å². The number of hydrogen-bond donors (Lipinski definition) is 1. The normalized spacial score (nSPS) is 11.7. The summed E-state index contributed by atoms with van der Waals surface area (Å²) in [5, 5.41) is 7.12. The topological polar surface area (TPSA) is 29.1 Å². The first kappa shape index (κ1) is 17.4. The van der Waals surface area contributed by atoms with E-state index in [4.69, 9.17) is 0 Å². The second kappa shape index (κ2) is 8.09. The van der Waals surface area contributed by atoms with Crippen LogP contribution in [0, 0.1) is 0 Å². The molecule has 0 aromatic heterocycles. The molecular weight excluding hydrogens is 325 g/mol. The molecule has 0 saturated carbocycles. The summed E-state index contributed by atoms with van der Waals surface area (Å²) >= 11 is 0. The Morgan fingerprint density at radius 2 is 1.08 bits per heavy atom. The van der Waals surface area contributed by atoms with Crippen molar-refractivity contribution in [3.8, 4) is 0 Å². The van der Waals surface area contributed by atoms with Crippen LogP contribution in [0.25, 0.3) is 0 Å². The van der Waals surface area contributed by atoms with E-state index in [1.54, 1.807) is 6.92 Å². The summed E-state index contributed by atoms with van der Waals surface area (Å²) in [5.74, 6) is 0.0251. The number of amides is 1. The molecule has 1 amide bonds. The van der Waals surface area contributed by atoms with Gasteiger partial charge in [-0.1, -0.05) is 0 Å². The van der Waals surface area contributed by atoms with Gasteiger partial charge in [0.2, 0.25) is 0 Å². The fourth-order valence-corrected chi connectivity index (χ4v) is 8.18. The Kier molecular flexibility index (Phi) is 5.63. The Balaban J connectivity index is 2.18. The summed E-state index contributed by atoms with van der Waals surface area (Å²) in [5.41, 5.74) is 0. The van der Waals surface area contributed by atoms with Crippen molar-refractivity contribution in [1.29, 1.82) is 0 Å². The van der Waals surface area contributed by atoms with Crippen LogP contribution in [0.1, 0.15) is 6.92 Å². The van der Waals surface area contributed by atoms with Crippen LogP contribution < -0.4 is 21.2 Å². The molecule has 0 aliphatic carbocycles. The molecule has 3 aromatic rings. The molecule has 0 atom stereocenters. The number of carbonyl (C=O) groups excluding carboxylic acids is 1. The van der Waals surface area contributed by atoms with Gasteiger partial charge in [-0.15, -0.1) is 0 Å². The van der Waals surface area contributed by atoms with Crippen LogP contribution in [0.4, 0.5) is 0 Å². The van der Waals surface area contributed by atoms with Gasteiger partial charge in [0, 0.05) is 0 Å². The van der Waals surface area contributed by atoms with Crippen molar-refractivity contribution in [3.05, 3.63) is 91.0 Å². The molecule has 0 spiro atoms. The standard InChI is InChI=1S/C22H24NOP/c1-19(24)23-17-18-25(20-11-5-2-6-12-20,21-13-7-3-8-14-21)22-15-9-4-10-16-22/h2-16,25H,17-18H2,1H3,(H,23,24). The monoisotopic (exact) mass is 349 g/mol. The van der Waals surface area contributed by atoms with E-state index in [0.717, 1.165) is 6.16 Å². The van der Waals surface area contributed by atoms with Crippen molar-refractivity contribution in [3.63, 3.8) is 0 Å². The Labute approximate surface area is 150 Å². The van der Waals surface area contributed by atoms with Crippen molar-refractivity contribution in [1.82, 2.24) is 5.32 Å². The predicted molar refractivity (Wildman–Crippen MR) is 110 cm³/mol. The van der Waals surface area contributed by atoms with Crippen LogP contribution >= 0.6 is 7.26 Å². The van der Waals surface area contributed by atoms with Gasteiger partial charge in [0.1, 0.15) is 0 Å². The zero-order valence-corrected chi connectivity index (χ0v) is 15.5. The molecular formula is C22H24NOP. The summed E-state index contributed by atoms with van der Waals surface area (Å²) in [6.07, 6.45) is 0.935. The number of rotatable bonds is 6. The summed E-state index contributed by atoms with van der Waals surface area (Å²) in [4.78, 5) is 11.4. The van der Waals surface area contributed by atoms with E-state index in [-0.39, 0.29) is 5.91 Å². The predicted octanol–water partition coefficient (Wildman–Crippen LogP) is 2.85. The molecule has 2 nitrogen and oxygen atoms in total. The second-order valence-electron chi connectivity index (χ2n) is 6.24. The summed E-state index contributed by atoms with van der Waals surface area (Å²) < 4.78 is 0. The first-order valence-electron chi connectivity index (χ1n) is 8.64. The van der Waals surface area contributed by atoms with E-state index in [2.05, 4.69) is 96.3 Å². The Morgan fingerprint density at radius 3 is 1.40 bits per heavy atom. The maximum atomic E-state index is 11.4. The van der Waals surface area contributed by atoms with Gasteiger partial charge >= 0.3 is 150 Å². The van der Waals surface area contributed by atoms with Gasteiger partial charge in [0.05, 0.1) is 0 Å². The molecule has 0 aliphatic heterocycles. The first-order chi connectivity index (χ1) is 12.2. The van der Waals surface area contributed by atoms with Gasteiger partial charge in [-0.3, -0.25) is 0 Å². The van der Waals surface area contributed by atoms with E-state index < -0.39 is 7.26 Å². The average molecular weight is 349 g/mol. The number of benzene rings is 3. The van der Waals surface area contributed by atoms with Crippen LogP contribution in [-0.4, -0.2) is 18.6 Å².